The number of halogens is 1. The average Bonchev–Trinajstić information content (AvgIpc) is 2.98. The summed E-state index contributed by atoms with van der Waals surface area (Å²) in [7, 11) is 0. The monoisotopic (exact) mass is 316 g/mol. The van der Waals surface area contributed by atoms with E-state index >= 15 is 0 Å². The summed E-state index contributed by atoms with van der Waals surface area (Å²) in [4.78, 5) is 6.95. The topological polar surface area (TPSA) is 53.6 Å². The second-order valence-electron chi connectivity index (χ2n) is 6.39. The maximum atomic E-state index is 5.91. The predicted octanol–water partition coefficient (Wildman–Crippen LogP) is 2.77. The minimum absolute atomic E-state index is 0. The highest BCUT2D eigenvalue weighted by molar-refractivity contribution is 5.85. The van der Waals surface area contributed by atoms with Gasteiger partial charge in [-0.1, -0.05) is 32.1 Å². The lowest BCUT2D eigenvalue weighted by atomic mass is 9.87. The number of rotatable bonds is 7. The van der Waals surface area contributed by atoms with Crippen LogP contribution in [0.4, 0.5) is 0 Å². The number of nitrogens with zero attached hydrogens (tertiary/aromatic N) is 2. The maximum absolute atomic E-state index is 5.91. The number of nitrogens with two attached hydrogens (primary N) is 1. The smallest absolute Gasteiger partial charge is 0.188 e. The molecule has 0 radical (unpaired) electrons. The van der Waals surface area contributed by atoms with Gasteiger partial charge in [0.05, 0.1) is 0 Å². The second-order valence-corrected chi connectivity index (χ2v) is 6.39. The molecular formula is C16H33ClN4. The molecule has 0 bridgehead atoms. The van der Waals surface area contributed by atoms with E-state index in [-0.39, 0.29) is 12.4 Å². The van der Waals surface area contributed by atoms with Crippen LogP contribution in [0.25, 0.3) is 0 Å². The van der Waals surface area contributed by atoms with E-state index in [0.29, 0.717) is 5.96 Å². The van der Waals surface area contributed by atoms with Gasteiger partial charge in [-0.05, 0) is 51.2 Å². The van der Waals surface area contributed by atoms with Gasteiger partial charge in [0.25, 0.3) is 0 Å². The molecule has 5 heteroatoms. The summed E-state index contributed by atoms with van der Waals surface area (Å²) in [5.41, 5.74) is 5.91. The highest BCUT2D eigenvalue weighted by Gasteiger charge is 2.12. The molecule has 0 aromatic carbocycles. The van der Waals surface area contributed by atoms with Gasteiger partial charge in [-0.3, -0.25) is 4.99 Å². The first-order valence-corrected chi connectivity index (χ1v) is 8.61. The summed E-state index contributed by atoms with van der Waals surface area (Å²) >= 11 is 0. The van der Waals surface area contributed by atoms with Gasteiger partial charge in [0.15, 0.2) is 5.96 Å². The largest absolute Gasteiger partial charge is 0.370 e. The van der Waals surface area contributed by atoms with Gasteiger partial charge >= 0.3 is 0 Å². The zero-order valence-electron chi connectivity index (χ0n) is 13.4. The molecule has 124 valence electrons. The number of guanidine groups is 1. The van der Waals surface area contributed by atoms with Crippen LogP contribution in [0.1, 0.15) is 57.8 Å². The molecule has 1 aliphatic carbocycles. The zero-order chi connectivity index (χ0) is 14.0. The molecular weight excluding hydrogens is 284 g/mol. The van der Waals surface area contributed by atoms with E-state index in [4.69, 9.17) is 5.73 Å². The Hall–Kier alpha value is -0.480. The highest BCUT2D eigenvalue weighted by atomic mass is 35.5. The lowest BCUT2D eigenvalue weighted by Crippen LogP contribution is -2.33. The van der Waals surface area contributed by atoms with Crippen LogP contribution in [-0.4, -0.2) is 43.6 Å². The number of likely N-dealkylation sites (tertiary alicyclic amines) is 1. The van der Waals surface area contributed by atoms with Crippen molar-refractivity contribution >= 4 is 18.4 Å². The van der Waals surface area contributed by atoms with Crippen LogP contribution in [0, 0.1) is 5.92 Å². The molecule has 2 fully saturated rings. The van der Waals surface area contributed by atoms with Crippen LogP contribution in [0.5, 0.6) is 0 Å². The molecule has 21 heavy (non-hydrogen) atoms. The minimum atomic E-state index is 0. The van der Waals surface area contributed by atoms with Crippen molar-refractivity contribution in [2.75, 3.05) is 32.7 Å². The summed E-state index contributed by atoms with van der Waals surface area (Å²) in [5, 5.41) is 3.27. The van der Waals surface area contributed by atoms with Crippen LogP contribution in [0.3, 0.4) is 0 Å². The van der Waals surface area contributed by atoms with Gasteiger partial charge in [0.1, 0.15) is 0 Å². The first-order chi connectivity index (χ1) is 9.84. The standard InChI is InChI=1S/C16H32N4.ClH/c17-16(18-10-6-14-20-12-4-5-13-20)19-11-9-15-7-2-1-3-8-15;/h15H,1-14H2,(H3,17,18,19);1H. The lowest BCUT2D eigenvalue weighted by molar-refractivity contribution is 0.335. The molecule has 0 unspecified atom stereocenters. The third kappa shape index (κ3) is 7.91. The minimum Gasteiger partial charge on any atom is -0.370 e. The molecule has 0 atom stereocenters. The molecule has 1 saturated carbocycles. The Bertz CT molecular complexity index is 284. The maximum Gasteiger partial charge on any atom is 0.188 e. The van der Waals surface area contributed by atoms with E-state index in [1.165, 1.54) is 71.0 Å². The lowest BCUT2D eigenvalue weighted by Gasteiger charge is -2.21. The van der Waals surface area contributed by atoms with Crippen molar-refractivity contribution in [3.05, 3.63) is 0 Å². The quantitative estimate of drug-likeness (QED) is 0.431. The summed E-state index contributed by atoms with van der Waals surface area (Å²) in [6.07, 6.45) is 12.2. The summed E-state index contributed by atoms with van der Waals surface area (Å²) in [6, 6.07) is 0. The van der Waals surface area contributed by atoms with E-state index in [0.717, 1.165) is 25.4 Å². The summed E-state index contributed by atoms with van der Waals surface area (Å²) in [5.74, 6) is 1.56. The van der Waals surface area contributed by atoms with Crippen LogP contribution in [0.2, 0.25) is 0 Å². The second kappa shape index (κ2) is 11.1. The number of hydrogen-bond donors (Lipinski definition) is 2. The van der Waals surface area contributed by atoms with E-state index in [1.807, 2.05) is 0 Å². The number of nitrogens with one attached hydrogen (secondary N) is 1. The van der Waals surface area contributed by atoms with Gasteiger partial charge < -0.3 is 16.0 Å². The molecule has 4 nitrogen and oxygen atoms in total. The predicted molar refractivity (Wildman–Crippen MR) is 93.2 cm³/mol. The molecule has 2 rings (SSSR count). The van der Waals surface area contributed by atoms with Crippen molar-refractivity contribution in [2.24, 2.45) is 16.6 Å². The van der Waals surface area contributed by atoms with Gasteiger partial charge in [0.2, 0.25) is 0 Å². The molecule has 2 aliphatic rings. The van der Waals surface area contributed by atoms with Crippen LogP contribution in [0.15, 0.2) is 4.99 Å². The fourth-order valence-electron chi connectivity index (χ4n) is 3.44. The third-order valence-electron chi connectivity index (χ3n) is 4.70. The normalized spacial score (nSPS) is 21.2. The van der Waals surface area contributed by atoms with Crippen LogP contribution < -0.4 is 11.1 Å². The SMILES string of the molecule is Cl.NC(=NCCCN1CCCC1)NCCC1CCCCC1. The zero-order valence-corrected chi connectivity index (χ0v) is 14.2. The van der Waals surface area contributed by atoms with E-state index in [9.17, 15) is 0 Å². The summed E-state index contributed by atoms with van der Waals surface area (Å²) in [6.45, 7) is 5.58. The van der Waals surface area contributed by atoms with Crippen molar-refractivity contribution in [3.63, 3.8) is 0 Å². The number of aliphatic imine (C=N–C) groups is 1. The van der Waals surface area contributed by atoms with E-state index in [1.54, 1.807) is 0 Å². The van der Waals surface area contributed by atoms with Crippen molar-refractivity contribution < 1.29 is 0 Å². The molecule has 0 amide bonds. The van der Waals surface area contributed by atoms with Crippen molar-refractivity contribution in [3.8, 4) is 0 Å². The molecule has 3 N–H and O–H groups in total. The first-order valence-electron chi connectivity index (χ1n) is 8.61. The Labute approximate surface area is 136 Å². The van der Waals surface area contributed by atoms with E-state index < -0.39 is 0 Å². The van der Waals surface area contributed by atoms with Crippen molar-refractivity contribution in [1.82, 2.24) is 10.2 Å². The van der Waals surface area contributed by atoms with Crippen LogP contribution >= 0.6 is 12.4 Å². The molecule has 1 aliphatic heterocycles. The molecule has 0 aromatic rings. The van der Waals surface area contributed by atoms with Crippen LogP contribution in [-0.2, 0) is 0 Å². The molecule has 0 aromatic heterocycles. The Morgan fingerprint density at radius 2 is 1.81 bits per heavy atom. The van der Waals surface area contributed by atoms with Crippen molar-refractivity contribution in [2.45, 2.75) is 57.8 Å². The van der Waals surface area contributed by atoms with E-state index in [2.05, 4.69) is 15.2 Å². The van der Waals surface area contributed by atoms with Gasteiger partial charge in [-0.2, -0.15) is 0 Å². The van der Waals surface area contributed by atoms with Crippen molar-refractivity contribution in [1.29, 1.82) is 0 Å². The molecule has 1 heterocycles. The number of hydrogen-bond acceptors (Lipinski definition) is 2. The Morgan fingerprint density at radius 1 is 1.10 bits per heavy atom. The average molecular weight is 317 g/mol. The first kappa shape index (κ1) is 18.6. The highest BCUT2D eigenvalue weighted by Crippen LogP contribution is 2.25. The fourth-order valence-corrected chi connectivity index (χ4v) is 3.44. The van der Waals surface area contributed by atoms with Gasteiger partial charge in [-0.25, -0.2) is 0 Å². The molecule has 1 saturated heterocycles. The third-order valence-corrected chi connectivity index (χ3v) is 4.70. The molecule has 0 spiro atoms. The summed E-state index contributed by atoms with van der Waals surface area (Å²) < 4.78 is 0. The van der Waals surface area contributed by atoms with Gasteiger partial charge in [-0.15, -0.1) is 12.4 Å². The Balaban J connectivity index is 0.00000220. The Kier molecular flexibility index (Phi) is 9.85. The fraction of sp³-hybridized carbons (Fsp3) is 0.938. The Morgan fingerprint density at radius 3 is 2.52 bits per heavy atom. The van der Waals surface area contributed by atoms with Gasteiger partial charge in [0, 0.05) is 13.1 Å².